The fourth-order valence-corrected chi connectivity index (χ4v) is 2.78. The molecule has 2 aromatic heterocycles. The summed E-state index contributed by atoms with van der Waals surface area (Å²) < 4.78 is 16.2. The Bertz CT molecular complexity index is 656. The van der Waals surface area contributed by atoms with Gasteiger partial charge < -0.3 is 13.9 Å². The van der Waals surface area contributed by atoms with E-state index in [1.165, 1.54) is 7.11 Å². The lowest BCUT2D eigenvalue weighted by Crippen LogP contribution is -2.27. The Morgan fingerprint density at radius 1 is 1.43 bits per heavy atom. The molecule has 1 aliphatic heterocycles. The number of ether oxygens (including phenoxy) is 2. The molecule has 0 bridgehead atoms. The second-order valence-electron chi connectivity index (χ2n) is 5.58. The number of rotatable bonds is 5. The van der Waals surface area contributed by atoms with Crippen LogP contribution in [0.15, 0.2) is 41.1 Å². The number of methoxy groups -OCH3 is 1. The highest BCUT2D eigenvalue weighted by molar-refractivity contribution is 5.86. The smallest absolute Gasteiger partial charge is 0.373 e. The van der Waals surface area contributed by atoms with Crippen LogP contribution in [0.1, 0.15) is 35.7 Å². The maximum absolute atomic E-state index is 11.5. The molecule has 0 radical (unpaired) electrons. The Hall–Kier alpha value is -2.34. The standard InChI is InChI=1S/C17H20N2O4/c1-12(15-5-6-16(23-15)17(20)21-2)19-9-7-14(11-19)22-13-4-3-8-18-10-13/h3-6,8,10,12,14H,7,9,11H2,1-2H3. The average Bonchev–Trinajstić information content (AvgIpc) is 3.24. The number of likely N-dealkylation sites (tertiary alicyclic amines) is 1. The maximum Gasteiger partial charge on any atom is 0.373 e. The molecule has 0 amide bonds. The van der Waals surface area contributed by atoms with E-state index in [2.05, 4.69) is 21.5 Å². The fourth-order valence-electron chi connectivity index (χ4n) is 2.78. The lowest BCUT2D eigenvalue weighted by atomic mass is 10.2. The van der Waals surface area contributed by atoms with Gasteiger partial charge in [-0.05, 0) is 37.6 Å². The Morgan fingerprint density at radius 3 is 3.04 bits per heavy atom. The Morgan fingerprint density at radius 2 is 2.30 bits per heavy atom. The number of esters is 1. The molecule has 6 nitrogen and oxygen atoms in total. The van der Waals surface area contributed by atoms with Crippen molar-refractivity contribution in [3.05, 3.63) is 48.2 Å². The number of furan rings is 1. The first-order chi connectivity index (χ1) is 11.2. The van der Waals surface area contributed by atoms with E-state index in [9.17, 15) is 4.79 Å². The molecule has 1 aliphatic rings. The highest BCUT2D eigenvalue weighted by Gasteiger charge is 2.30. The van der Waals surface area contributed by atoms with Crippen molar-refractivity contribution in [2.45, 2.75) is 25.5 Å². The van der Waals surface area contributed by atoms with E-state index in [4.69, 9.17) is 9.15 Å². The van der Waals surface area contributed by atoms with Crippen LogP contribution in [0.3, 0.4) is 0 Å². The second-order valence-corrected chi connectivity index (χ2v) is 5.58. The minimum atomic E-state index is -0.456. The molecule has 1 fully saturated rings. The monoisotopic (exact) mass is 316 g/mol. The predicted molar refractivity (Wildman–Crippen MR) is 83.3 cm³/mol. The maximum atomic E-state index is 11.5. The SMILES string of the molecule is COC(=O)c1ccc(C(C)N2CCC(Oc3cccnc3)C2)o1. The average molecular weight is 316 g/mol. The van der Waals surface area contributed by atoms with Gasteiger partial charge in [-0.25, -0.2) is 4.79 Å². The normalized spacial score (nSPS) is 19.5. The van der Waals surface area contributed by atoms with Crippen molar-refractivity contribution >= 4 is 5.97 Å². The highest BCUT2D eigenvalue weighted by Crippen LogP contribution is 2.28. The number of hydrogen-bond donors (Lipinski definition) is 0. The number of aromatic nitrogens is 1. The molecule has 0 N–H and O–H groups in total. The van der Waals surface area contributed by atoms with Gasteiger partial charge in [-0.1, -0.05) is 0 Å². The van der Waals surface area contributed by atoms with Crippen LogP contribution in [-0.4, -0.2) is 42.2 Å². The van der Waals surface area contributed by atoms with Gasteiger partial charge in [0.2, 0.25) is 5.76 Å². The first kappa shape index (κ1) is 15.6. The van der Waals surface area contributed by atoms with Gasteiger partial charge in [0, 0.05) is 19.3 Å². The second kappa shape index (κ2) is 6.83. The number of carbonyl (C=O) groups is 1. The van der Waals surface area contributed by atoms with E-state index in [1.54, 1.807) is 18.5 Å². The van der Waals surface area contributed by atoms with Crippen molar-refractivity contribution in [1.29, 1.82) is 0 Å². The van der Waals surface area contributed by atoms with Crippen molar-refractivity contribution in [2.24, 2.45) is 0 Å². The third-order valence-corrected chi connectivity index (χ3v) is 4.09. The van der Waals surface area contributed by atoms with Gasteiger partial charge in [-0.15, -0.1) is 0 Å². The zero-order valence-electron chi connectivity index (χ0n) is 13.3. The largest absolute Gasteiger partial charge is 0.487 e. The fraction of sp³-hybridized carbons (Fsp3) is 0.412. The number of carbonyl (C=O) groups excluding carboxylic acids is 1. The van der Waals surface area contributed by atoms with Gasteiger partial charge in [-0.2, -0.15) is 0 Å². The van der Waals surface area contributed by atoms with Crippen molar-refractivity contribution in [1.82, 2.24) is 9.88 Å². The van der Waals surface area contributed by atoms with Gasteiger partial charge in [-0.3, -0.25) is 9.88 Å². The zero-order valence-corrected chi connectivity index (χ0v) is 13.3. The van der Waals surface area contributed by atoms with E-state index in [1.807, 2.05) is 18.2 Å². The minimum absolute atomic E-state index is 0.0795. The summed E-state index contributed by atoms with van der Waals surface area (Å²) in [4.78, 5) is 17.8. The van der Waals surface area contributed by atoms with Crippen LogP contribution in [-0.2, 0) is 4.74 Å². The summed E-state index contributed by atoms with van der Waals surface area (Å²) in [5.74, 6) is 1.32. The van der Waals surface area contributed by atoms with E-state index in [0.717, 1.165) is 31.0 Å². The summed E-state index contributed by atoms with van der Waals surface area (Å²) in [6, 6.07) is 7.33. The van der Waals surface area contributed by atoms with Crippen LogP contribution >= 0.6 is 0 Å². The molecular weight excluding hydrogens is 296 g/mol. The van der Waals surface area contributed by atoms with Gasteiger partial charge in [0.25, 0.3) is 0 Å². The molecule has 3 heterocycles. The molecule has 3 rings (SSSR count). The van der Waals surface area contributed by atoms with Gasteiger partial charge in [0.15, 0.2) is 0 Å². The van der Waals surface area contributed by atoms with Crippen LogP contribution in [0.25, 0.3) is 0 Å². The molecular formula is C17H20N2O4. The van der Waals surface area contributed by atoms with E-state index >= 15 is 0 Å². The molecule has 0 aliphatic carbocycles. The molecule has 0 aromatic carbocycles. The summed E-state index contributed by atoms with van der Waals surface area (Å²) in [5.41, 5.74) is 0. The van der Waals surface area contributed by atoms with Crippen LogP contribution in [0.5, 0.6) is 5.75 Å². The van der Waals surface area contributed by atoms with Crippen molar-refractivity contribution < 1.29 is 18.7 Å². The number of nitrogens with zero attached hydrogens (tertiary/aromatic N) is 2. The van der Waals surface area contributed by atoms with E-state index < -0.39 is 5.97 Å². The number of hydrogen-bond acceptors (Lipinski definition) is 6. The van der Waals surface area contributed by atoms with Crippen LogP contribution in [0.2, 0.25) is 0 Å². The van der Waals surface area contributed by atoms with Crippen molar-refractivity contribution in [2.75, 3.05) is 20.2 Å². The molecule has 2 unspecified atom stereocenters. The van der Waals surface area contributed by atoms with E-state index in [-0.39, 0.29) is 17.9 Å². The Labute approximate surface area is 135 Å². The van der Waals surface area contributed by atoms with Crippen LogP contribution in [0.4, 0.5) is 0 Å². The zero-order chi connectivity index (χ0) is 16.2. The van der Waals surface area contributed by atoms with Crippen LogP contribution in [0, 0.1) is 0 Å². The quantitative estimate of drug-likeness (QED) is 0.790. The van der Waals surface area contributed by atoms with Gasteiger partial charge in [0.05, 0.1) is 19.3 Å². The molecule has 0 saturated carbocycles. The lowest BCUT2D eigenvalue weighted by Gasteiger charge is -2.22. The summed E-state index contributed by atoms with van der Waals surface area (Å²) in [7, 11) is 1.34. The Balaban J connectivity index is 1.60. The summed E-state index contributed by atoms with van der Waals surface area (Å²) in [6.07, 6.45) is 4.54. The van der Waals surface area contributed by atoms with E-state index in [0.29, 0.717) is 0 Å². The minimum Gasteiger partial charge on any atom is -0.487 e. The molecule has 2 aromatic rings. The van der Waals surface area contributed by atoms with Crippen molar-refractivity contribution in [3.63, 3.8) is 0 Å². The molecule has 23 heavy (non-hydrogen) atoms. The van der Waals surface area contributed by atoms with Gasteiger partial charge in [0.1, 0.15) is 17.6 Å². The summed E-state index contributed by atoms with van der Waals surface area (Å²) in [5, 5.41) is 0. The van der Waals surface area contributed by atoms with Gasteiger partial charge >= 0.3 is 5.97 Å². The molecule has 2 atom stereocenters. The van der Waals surface area contributed by atoms with Crippen LogP contribution < -0.4 is 4.74 Å². The molecule has 1 saturated heterocycles. The third-order valence-electron chi connectivity index (χ3n) is 4.09. The first-order valence-electron chi connectivity index (χ1n) is 7.66. The third kappa shape index (κ3) is 3.53. The molecule has 6 heteroatoms. The molecule has 122 valence electrons. The summed E-state index contributed by atoms with van der Waals surface area (Å²) >= 11 is 0. The summed E-state index contributed by atoms with van der Waals surface area (Å²) in [6.45, 7) is 3.79. The lowest BCUT2D eigenvalue weighted by molar-refractivity contribution is 0.0559. The predicted octanol–water partition coefficient (Wildman–Crippen LogP) is 2.68. The molecule has 0 spiro atoms. The first-order valence-corrected chi connectivity index (χ1v) is 7.66. The highest BCUT2D eigenvalue weighted by atomic mass is 16.5. The topological polar surface area (TPSA) is 64.8 Å². The van der Waals surface area contributed by atoms with Crippen molar-refractivity contribution in [3.8, 4) is 5.75 Å². The Kier molecular flexibility index (Phi) is 4.62. The number of pyridine rings is 1.